The van der Waals surface area contributed by atoms with E-state index in [0.717, 1.165) is 31.3 Å². The lowest BCUT2D eigenvalue weighted by Crippen LogP contribution is -2.32. The Hall–Kier alpha value is -0.570. The molecule has 2 aliphatic carbocycles. The Kier molecular flexibility index (Phi) is 5.68. The van der Waals surface area contributed by atoms with Gasteiger partial charge in [-0.1, -0.05) is 19.8 Å². The van der Waals surface area contributed by atoms with Gasteiger partial charge in [0.05, 0.1) is 0 Å². The molecule has 2 saturated carbocycles. The lowest BCUT2D eigenvalue weighted by atomic mass is 9.80. The topological polar surface area (TPSA) is 55.1 Å². The summed E-state index contributed by atoms with van der Waals surface area (Å²) in [7, 11) is 0. The highest BCUT2D eigenvalue weighted by Crippen LogP contribution is 2.31. The highest BCUT2D eigenvalue weighted by Gasteiger charge is 2.25. The average Bonchev–Trinajstić information content (AvgIpc) is 2.83. The van der Waals surface area contributed by atoms with Gasteiger partial charge in [-0.25, -0.2) is 0 Å². The van der Waals surface area contributed by atoms with Crippen LogP contribution in [0.3, 0.4) is 0 Å². The largest absolute Gasteiger partial charge is 0.356 e. The number of hydrogen-bond donors (Lipinski definition) is 2. The van der Waals surface area contributed by atoms with Crippen LogP contribution in [0, 0.1) is 23.7 Å². The van der Waals surface area contributed by atoms with Gasteiger partial charge in [0, 0.05) is 13.0 Å². The summed E-state index contributed by atoms with van der Waals surface area (Å²) in [6.45, 7) is 4.04. The quantitative estimate of drug-likeness (QED) is 0.804. The summed E-state index contributed by atoms with van der Waals surface area (Å²) in [6, 6.07) is 0. The van der Waals surface area contributed by atoms with Crippen molar-refractivity contribution in [2.75, 3.05) is 13.1 Å². The van der Waals surface area contributed by atoms with Crippen molar-refractivity contribution in [3.05, 3.63) is 0 Å². The molecule has 2 aliphatic rings. The molecule has 0 aromatic heterocycles. The van der Waals surface area contributed by atoms with Crippen LogP contribution < -0.4 is 11.1 Å². The van der Waals surface area contributed by atoms with Crippen molar-refractivity contribution in [3.8, 4) is 0 Å². The molecule has 0 aliphatic heterocycles. The van der Waals surface area contributed by atoms with E-state index in [1.54, 1.807) is 0 Å². The molecule has 19 heavy (non-hydrogen) atoms. The van der Waals surface area contributed by atoms with Crippen LogP contribution in [0.5, 0.6) is 0 Å². The summed E-state index contributed by atoms with van der Waals surface area (Å²) in [4.78, 5) is 12.0. The molecule has 0 saturated heterocycles. The van der Waals surface area contributed by atoms with Crippen molar-refractivity contribution in [1.82, 2.24) is 5.32 Å². The molecular formula is C16H30N2O. The molecule has 2 rings (SSSR count). The maximum absolute atomic E-state index is 12.0. The second-order valence-corrected chi connectivity index (χ2v) is 6.80. The van der Waals surface area contributed by atoms with E-state index >= 15 is 0 Å². The molecule has 2 atom stereocenters. The molecule has 110 valence electrons. The van der Waals surface area contributed by atoms with E-state index in [1.807, 2.05) is 0 Å². The molecular weight excluding hydrogens is 236 g/mol. The molecule has 0 aromatic rings. The van der Waals surface area contributed by atoms with Gasteiger partial charge < -0.3 is 11.1 Å². The molecule has 0 bridgehead atoms. The first-order valence-electron chi connectivity index (χ1n) is 8.15. The maximum Gasteiger partial charge on any atom is 0.220 e. The van der Waals surface area contributed by atoms with E-state index in [9.17, 15) is 4.79 Å². The van der Waals surface area contributed by atoms with Crippen molar-refractivity contribution in [1.29, 1.82) is 0 Å². The van der Waals surface area contributed by atoms with E-state index in [4.69, 9.17) is 5.73 Å². The Balaban J connectivity index is 1.62. The normalized spacial score (nSPS) is 35.3. The number of amides is 1. The van der Waals surface area contributed by atoms with Crippen LogP contribution in [-0.2, 0) is 4.79 Å². The van der Waals surface area contributed by atoms with Crippen LogP contribution in [0.1, 0.15) is 58.3 Å². The molecule has 0 radical (unpaired) electrons. The number of carbonyl (C=O) groups excluding carboxylic acids is 1. The minimum Gasteiger partial charge on any atom is -0.356 e. The van der Waals surface area contributed by atoms with Gasteiger partial charge in [-0.05, 0) is 62.3 Å². The fourth-order valence-electron chi connectivity index (χ4n) is 3.78. The summed E-state index contributed by atoms with van der Waals surface area (Å²) in [6.07, 6.45) is 9.52. The van der Waals surface area contributed by atoms with Crippen LogP contribution in [0.25, 0.3) is 0 Å². The van der Waals surface area contributed by atoms with Gasteiger partial charge >= 0.3 is 0 Å². The molecule has 3 nitrogen and oxygen atoms in total. The predicted molar refractivity (Wildman–Crippen MR) is 78.6 cm³/mol. The summed E-state index contributed by atoms with van der Waals surface area (Å²) < 4.78 is 0. The molecule has 0 heterocycles. The Morgan fingerprint density at radius 1 is 1.11 bits per heavy atom. The lowest BCUT2D eigenvalue weighted by Gasteiger charge is -2.27. The highest BCUT2D eigenvalue weighted by molar-refractivity contribution is 5.76. The Morgan fingerprint density at radius 3 is 2.37 bits per heavy atom. The lowest BCUT2D eigenvalue weighted by molar-refractivity contribution is -0.122. The fraction of sp³-hybridized carbons (Fsp3) is 0.938. The van der Waals surface area contributed by atoms with Gasteiger partial charge in [0.2, 0.25) is 5.91 Å². The SMILES string of the molecule is CC1CCCC1CNC(=O)CC1CCC(CN)CC1. The molecule has 1 amide bonds. The van der Waals surface area contributed by atoms with Crippen LogP contribution >= 0.6 is 0 Å². The van der Waals surface area contributed by atoms with E-state index < -0.39 is 0 Å². The van der Waals surface area contributed by atoms with Gasteiger partial charge in [0.1, 0.15) is 0 Å². The van der Waals surface area contributed by atoms with Crippen molar-refractivity contribution in [3.63, 3.8) is 0 Å². The summed E-state index contributed by atoms with van der Waals surface area (Å²) in [5, 5.41) is 3.16. The zero-order valence-corrected chi connectivity index (χ0v) is 12.4. The van der Waals surface area contributed by atoms with Crippen molar-refractivity contribution in [2.45, 2.75) is 58.3 Å². The van der Waals surface area contributed by atoms with Gasteiger partial charge in [-0.2, -0.15) is 0 Å². The predicted octanol–water partition coefficient (Wildman–Crippen LogP) is 2.69. The maximum atomic E-state index is 12.0. The molecule has 2 fully saturated rings. The summed E-state index contributed by atoms with van der Waals surface area (Å²) in [5.74, 6) is 3.09. The third-order valence-corrected chi connectivity index (χ3v) is 5.37. The number of carbonyl (C=O) groups is 1. The Bertz CT molecular complexity index is 284. The third kappa shape index (κ3) is 4.48. The first-order valence-corrected chi connectivity index (χ1v) is 8.15. The molecule has 2 unspecified atom stereocenters. The van der Waals surface area contributed by atoms with Gasteiger partial charge in [0.25, 0.3) is 0 Å². The van der Waals surface area contributed by atoms with Gasteiger partial charge in [0.15, 0.2) is 0 Å². The van der Waals surface area contributed by atoms with E-state index in [-0.39, 0.29) is 5.91 Å². The molecule has 3 heteroatoms. The van der Waals surface area contributed by atoms with Gasteiger partial charge in [-0.15, -0.1) is 0 Å². The number of rotatable bonds is 5. The zero-order chi connectivity index (χ0) is 13.7. The monoisotopic (exact) mass is 266 g/mol. The van der Waals surface area contributed by atoms with E-state index in [2.05, 4.69) is 12.2 Å². The summed E-state index contributed by atoms with van der Waals surface area (Å²) >= 11 is 0. The van der Waals surface area contributed by atoms with Crippen LogP contribution in [-0.4, -0.2) is 19.0 Å². The van der Waals surface area contributed by atoms with Crippen LogP contribution in [0.4, 0.5) is 0 Å². The fourth-order valence-corrected chi connectivity index (χ4v) is 3.78. The first-order chi connectivity index (χ1) is 9.19. The molecule has 0 aromatic carbocycles. The number of hydrogen-bond acceptors (Lipinski definition) is 2. The summed E-state index contributed by atoms with van der Waals surface area (Å²) in [5.41, 5.74) is 5.70. The standard InChI is InChI=1S/C16H30N2O/c1-12-3-2-4-15(12)11-18-16(19)9-13-5-7-14(10-17)8-6-13/h12-15H,2-11,17H2,1H3,(H,18,19). The molecule has 3 N–H and O–H groups in total. The van der Waals surface area contributed by atoms with Crippen molar-refractivity contribution >= 4 is 5.91 Å². The Morgan fingerprint density at radius 2 is 1.79 bits per heavy atom. The van der Waals surface area contributed by atoms with Crippen molar-refractivity contribution in [2.24, 2.45) is 29.4 Å². The van der Waals surface area contributed by atoms with Crippen LogP contribution in [0.2, 0.25) is 0 Å². The smallest absolute Gasteiger partial charge is 0.220 e. The zero-order valence-electron chi connectivity index (χ0n) is 12.4. The first kappa shape index (κ1) is 14.8. The highest BCUT2D eigenvalue weighted by atomic mass is 16.1. The third-order valence-electron chi connectivity index (χ3n) is 5.37. The number of nitrogens with one attached hydrogen (secondary N) is 1. The Labute approximate surface area is 117 Å². The average molecular weight is 266 g/mol. The minimum absolute atomic E-state index is 0.273. The van der Waals surface area contributed by atoms with E-state index in [0.29, 0.717) is 11.8 Å². The van der Waals surface area contributed by atoms with Crippen molar-refractivity contribution < 1.29 is 4.79 Å². The second kappa shape index (κ2) is 7.28. The number of nitrogens with two attached hydrogens (primary N) is 1. The molecule has 0 spiro atoms. The van der Waals surface area contributed by atoms with Crippen LogP contribution in [0.15, 0.2) is 0 Å². The minimum atomic E-state index is 0.273. The second-order valence-electron chi connectivity index (χ2n) is 6.80. The van der Waals surface area contributed by atoms with E-state index in [1.165, 1.54) is 44.9 Å². The van der Waals surface area contributed by atoms with Gasteiger partial charge in [-0.3, -0.25) is 4.79 Å².